The van der Waals surface area contributed by atoms with Crippen molar-refractivity contribution in [3.8, 4) is 0 Å². The molecule has 0 aromatic carbocycles. The van der Waals surface area contributed by atoms with E-state index in [2.05, 4.69) is 39.5 Å². The Balaban J connectivity index is 1.65. The minimum Gasteiger partial charge on any atom is -0.461 e. The molecule has 0 heterocycles. The SMILES string of the molecule is CCCN(CCC)CC(=O)O[C@H]1C[C@]2(C)[C@@H](C(C)=O)CC[C@H]2[C@@H]2CC[C@H]3C[C@H](O)[C@@H](C)C[C@]3(C)[C@H]21. The lowest BCUT2D eigenvalue weighted by atomic mass is 9.43. The number of aliphatic hydroxyl groups is 1. The molecule has 0 aromatic heterocycles. The molecule has 1 N–H and O–H groups in total. The summed E-state index contributed by atoms with van der Waals surface area (Å²) in [5.41, 5.74) is 0.00212. The fraction of sp³-hybridized carbons (Fsp3) is 0.933. The number of carbonyl (C=O) groups excluding carboxylic acids is 2. The van der Waals surface area contributed by atoms with Gasteiger partial charge in [0, 0.05) is 11.8 Å². The summed E-state index contributed by atoms with van der Waals surface area (Å²) in [7, 11) is 0. The highest BCUT2D eigenvalue weighted by Crippen LogP contribution is 2.68. The lowest BCUT2D eigenvalue weighted by molar-refractivity contribution is -0.204. The van der Waals surface area contributed by atoms with Crippen LogP contribution in [0, 0.1) is 46.3 Å². The maximum absolute atomic E-state index is 13.4. The second-order valence-electron chi connectivity index (χ2n) is 13.3. The highest BCUT2D eigenvalue weighted by Gasteiger charge is 2.65. The molecule has 0 unspecified atom stereocenters. The van der Waals surface area contributed by atoms with Gasteiger partial charge < -0.3 is 9.84 Å². The second-order valence-corrected chi connectivity index (χ2v) is 13.3. The van der Waals surface area contributed by atoms with Crippen molar-refractivity contribution in [2.24, 2.45) is 46.3 Å². The van der Waals surface area contributed by atoms with Crippen molar-refractivity contribution in [3.63, 3.8) is 0 Å². The van der Waals surface area contributed by atoms with Crippen molar-refractivity contribution in [1.82, 2.24) is 4.90 Å². The van der Waals surface area contributed by atoms with Crippen molar-refractivity contribution < 1.29 is 19.4 Å². The molecule has 200 valence electrons. The molecule has 4 rings (SSSR count). The number of Topliss-reactive ketones (excluding diaryl/α,β-unsaturated/α-hetero) is 1. The summed E-state index contributed by atoms with van der Waals surface area (Å²) >= 11 is 0. The molecule has 35 heavy (non-hydrogen) atoms. The normalized spacial score (nSPS) is 44.9. The van der Waals surface area contributed by atoms with E-state index < -0.39 is 0 Å². The predicted molar refractivity (Wildman–Crippen MR) is 139 cm³/mol. The van der Waals surface area contributed by atoms with Crippen LogP contribution in [-0.4, -0.2) is 53.6 Å². The van der Waals surface area contributed by atoms with Gasteiger partial charge >= 0.3 is 5.97 Å². The third kappa shape index (κ3) is 4.85. The summed E-state index contributed by atoms with van der Waals surface area (Å²) in [6.07, 6.45) is 8.81. The first-order valence-electron chi connectivity index (χ1n) is 14.6. The molecule has 0 radical (unpaired) electrons. The summed E-state index contributed by atoms with van der Waals surface area (Å²) in [6.45, 7) is 15.2. The number of aliphatic hydroxyl groups excluding tert-OH is 1. The second kappa shape index (κ2) is 10.4. The van der Waals surface area contributed by atoms with Crippen LogP contribution in [0.1, 0.15) is 99.3 Å². The van der Waals surface area contributed by atoms with Crippen molar-refractivity contribution in [2.45, 2.75) is 112 Å². The number of ether oxygens (including phenoxy) is 1. The Bertz CT molecular complexity index is 778. The number of esters is 1. The lowest BCUT2D eigenvalue weighted by Crippen LogP contribution is -2.61. The quantitative estimate of drug-likeness (QED) is 0.457. The van der Waals surface area contributed by atoms with Gasteiger partial charge in [0.25, 0.3) is 0 Å². The standard InChI is InChI=1S/C30H51NO4/c1-7-13-31(14-8-2)18-27(34)35-26-17-30(6)23(20(4)32)11-12-24(30)22-10-9-21-15-25(33)19(3)16-29(21,5)28(22)26/h19,21-26,28,33H,7-18H2,1-6H3/t19-,21-,22-,23+,24-,25-,26-,28+,29-,30+/m0/s1. The third-order valence-electron chi connectivity index (χ3n) is 11.1. The number of hydrogen-bond donors (Lipinski definition) is 1. The molecule has 0 amide bonds. The van der Waals surface area contributed by atoms with Crippen LogP contribution < -0.4 is 0 Å². The molecular formula is C30H51NO4. The number of ketones is 1. The minimum absolute atomic E-state index is 0.0759. The van der Waals surface area contributed by atoms with E-state index in [1.54, 1.807) is 6.92 Å². The molecule has 0 spiro atoms. The summed E-state index contributed by atoms with van der Waals surface area (Å²) in [5.74, 6) is 2.43. The zero-order chi connectivity index (χ0) is 25.5. The Morgan fingerprint density at radius 1 is 1.00 bits per heavy atom. The van der Waals surface area contributed by atoms with Crippen LogP contribution in [0.2, 0.25) is 0 Å². The van der Waals surface area contributed by atoms with Gasteiger partial charge in [0.1, 0.15) is 11.9 Å². The zero-order valence-corrected chi connectivity index (χ0v) is 23.2. The number of hydrogen-bond acceptors (Lipinski definition) is 5. The molecule has 10 atom stereocenters. The number of carbonyl (C=O) groups is 2. The maximum Gasteiger partial charge on any atom is 0.320 e. The summed E-state index contributed by atoms with van der Waals surface area (Å²) in [4.78, 5) is 28.3. The van der Waals surface area contributed by atoms with E-state index in [0.717, 1.165) is 70.9 Å². The molecule has 4 aliphatic carbocycles. The monoisotopic (exact) mass is 489 g/mol. The van der Waals surface area contributed by atoms with Crippen molar-refractivity contribution in [1.29, 1.82) is 0 Å². The van der Waals surface area contributed by atoms with Crippen molar-refractivity contribution in [2.75, 3.05) is 19.6 Å². The van der Waals surface area contributed by atoms with Gasteiger partial charge in [-0.15, -0.1) is 0 Å². The van der Waals surface area contributed by atoms with E-state index in [1.807, 2.05) is 0 Å². The van der Waals surface area contributed by atoms with Gasteiger partial charge in [0.15, 0.2) is 0 Å². The van der Waals surface area contributed by atoms with Gasteiger partial charge in [-0.05, 0) is 112 Å². The molecule has 5 nitrogen and oxygen atoms in total. The molecule has 0 aromatic rings. The van der Waals surface area contributed by atoms with Gasteiger partial charge in [-0.1, -0.05) is 34.6 Å². The summed E-state index contributed by atoms with van der Waals surface area (Å²) in [6, 6.07) is 0. The zero-order valence-electron chi connectivity index (χ0n) is 23.2. The number of fused-ring (bicyclic) bond motifs is 5. The molecule has 0 bridgehead atoms. The molecule has 5 heteroatoms. The van der Waals surface area contributed by atoms with E-state index in [-0.39, 0.29) is 40.8 Å². The molecular weight excluding hydrogens is 438 g/mol. The first-order valence-corrected chi connectivity index (χ1v) is 14.6. The Morgan fingerprint density at radius 2 is 1.69 bits per heavy atom. The fourth-order valence-electron chi connectivity index (χ4n) is 9.75. The van der Waals surface area contributed by atoms with Crippen LogP contribution in [0.5, 0.6) is 0 Å². The highest BCUT2D eigenvalue weighted by molar-refractivity contribution is 5.79. The average molecular weight is 490 g/mol. The van der Waals surface area contributed by atoms with E-state index in [0.29, 0.717) is 36.0 Å². The molecule has 4 aliphatic rings. The largest absolute Gasteiger partial charge is 0.461 e. The Kier molecular flexibility index (Phi) is 8.08. The van der Waals surface area contributed by atoms with E-state index in [4.69, 9.17) is 4.74 Å². The average Bonchev–Trinajstić information content (AvgIpc) is 3.12. The topological polar surface area (TPSA) is 66.8 Å². The van der Waals surface area contributed by atoms with E-state index in [9.17, 15) is 14.7 Å². The first kappa shape index (κ1) is 27.1. The van der Waals surface area contributed by atoms with Gasteiger partial charge in [-0.3, -0.25) is 14.5 Å². The fourth-order valence-corrected chi connectivity index (χ4v) is 9.75. The summed E-state index contributed by atoms with van der Waals surface area (Å²) in [5, 5.41) is 10.7. The van der Waals surface area contributed by atoms with Crippen LogP contribution in [0.4, 0.5) is 0 Å². The van der Waals surface area contributed by atoms with Gasteiger partial charge in [0.2, 0.25) is 0 Å². The van der Waals surface area contributed by atoms with Crippen LogP contribution in [-0.2, 0) is 14.3 Å². The lowest BCUT2D eigenvalue weighted by Gasteiger charge is -2.63. The van der Waals surface area contributed by atoms with Crippen molar-refractivity contribution in [3.05, 3.63) is 0 Å². The number of nitrogens with zero attached hydrogens (tertiary/aromatic N) is 1. The van der Waals surface area contributed by atoms with Gasteiger partial charge in [-0.25, -0.2) is 0 Å². The first-order chi connectivity index (χ1) is 16.5. The third-order valence-corrected chi connectivity index (χ3v) is 11.1. The van der Waals surface area contributed by atoms with E-state index in [1.165, 1.54) is 0 Å². The van der Waals surface area contributed by atoms with E-state index >= 15 is 0 Å². The van der Waals surface area contributed by atoms with Crippen LogP contribution in [0.3, 0.4) is 0 Å². The Morgan fingerprint density at radius 3 is 2.31 bits per heavy atom. The van der Waals surface area contributed by atoms with Crippen LogP contribution in [0.15, 0.2) is 0 Å². The molecule has 4 fully saturated rings. The minimum atomic E-state index is -0.218. The van der Waals surface area contributed by atoms with Crippen LogP contribution in [0.25, 0.3) is 0 Å². The Hall–Kier alpha value is -0.940. The molecule has 0 saturated heterocycles. The molecule has 4 saturated carbocycles. The molecule has 0 aliphatic heterocycles. The highest BCUT2D eigenvalue weighted by atomic mass is 16.5. The van der Waals surface area contributed by atoms with Crippen molar-refractivity contribution >= 4 is 11.8 Å². The smallest absolute Gasteiger partial charge is 0.320 e. The van der Waals surface area contributed by atoms with Crippen LogP contribution >= 0.6 is 0 Å². The Labute approximate surface area is 213 Å². The summed E-state index contributed by atoms with van der Waals surface area (Å²) < 4.78 is 6.51. The number of rotatable bonds is 8. The van der Waals surface area contributed by atoms with Gasteiger partial charge in [0.05, 0.1) is 12.6 Å². The predicted octanol–water partition coefficient (Wildman–Crippen LogP) is 5.48. The maximum atomic E-state index is 13.4. The van der Waals surface area contributed by atoms with Gasteiger partial charge in [-0.2, -0.15) is 0 Å².